The molecule has 5 heteroatoms. The Morgan fingerprint density at radius 1 is 1.21 bits per heavy atom. The molecule has 1 aliphatic heterocycles. The number of carbonyl (C=O) groups is 1. The topological polar surface area (TPSA) is 55.1 Å². The number of rotatable bonds is 2. The zero-order chi connectivity index (χ0) is 13.4. The van der Waals surface area contributed by atoms with Crippen LogP contribution in [-0.2, 0) is 11.2 Å². The largest absolute Gasteiger partial charge is 0.398 e. The molecule has 3 rings (SSSR count). The minimum Gasteiger partial charge on any atom is -0.398 e. The Bertz CT molecular complexity index is 655. The summed E-state index contributed by atoms with van der Waals surface area (Å²) < 4.78 is 1.05. The van der Waals surface area contributed by atoms with Gasteiger partial charge in [0.05, 0.1) is 6.42 Å². The van der Waals surface area contributed by atoms with E-state index in [0.29, 0.717) is 12.1 Å². The third-order valence-corrected chi connectivity index (χ3v) is 4.51. The van der Waals surface area contributed by atoms with Crippen molar-refractivity contribution in [1.29, 1.82) is 0 Å². The van der Waals surface area contributed by atoms with Gasteiger partial charge in [-0.2, -0.15) is 0 Å². The highest BCUT2D eigenvalue weighted by atomic mass is 79.9. The van der Waals surface area contributed by atoms with Gasteiger partial charge in [-0.3, -0.25) is 4.79 Å². The summed E-state index contributed by atoms with van der Waals surface area (Å²) in [6.45, 7) is 0. The van der Waals surface area contributed by atoms with Crippen LogP contribution in [-0.4, -0.2) is 5.91 Å². The van der Waals surface area contributed by atoms with Crippen LogP contribution < -0.4 is 11.1 Å². The van der Waals surface area contributed by atoms with E-state index in [-0.39, 0.29) is 5.91 Å². The van der Waals surface area contributed by atoms with E-state index in [0.717, 1.165) is 25.5 Å². The molecule has 2 aromatic rings. The molecule has 0 saturated heterocycles. The average Bonchev–Trinajstić information content (AvgIpc) is 2.72. The first-order chi connectivity index (χ1) is 9.11. The molecule has 0 aromatic heterocycles. The molecule has 0 saturated carbocycles. The fourth-order valence-electron chi connectivity index (χ4n) is 1.99. The first-order valence-electron chi connectivity index (χ1n) is 5.77. The Hall–Kier alpha value is -1.46. The Morgan fingerprint density at radius 3 is 2.68 bits per heavy atom. The molecule has 1 heterocycles. The van der Waals surface area contributed by atoms with Gasteiger partial charge in [0.2, 0.25) is 5.91 Å². The quantitative estimate of drug-likeness (QED) is 0.823. The van der Waals surface area contributed by atoms with Gasteiger partial charge in [-0.05, 0) is 42.0 Å². The van der Waals surface area contributed by atoms with Crippen molar-refractivity contribution in [3.63, 3.8) is 0 Å². The summed E-state index contributed by atoms with van der Waals surface area (Å²) in [5, 5.41) is 2.84. The molecule has 0 unspecified atom stereocenters. The molecular weight excluding hydrogens is 324 g/mol. The lowest BCUT2D eigenvalue weighted by atomic mass is 10.1. The molecule has 0 atom stereocenters. The fraction of sp³-hybridized carbons (Fsp3) is 0.0714. The lowest BCUT2D eigenvalue weighted by Crippen LogP contribution is -2.03. The maximum absolute atomic E-state index is 11.4. The van der Waals surface area contributed by atoms with Crippen LogP contribution in [0.3, 0.4) is 0 Å². The van der Waals surface area contributed by atoms with Gasteiger partial charge in [0, 0.05) is 25.6 Å². The van der Waals surface area contributed by atoms with E-state index < -0.39 is 0 Å². The average molecular weight is 335 g/mol. The number of benzene rings is 2. The van der Waals surface area contributed by atoms with E-state index in [1.165, 1.54) is 0 Å². The summed E-state index contributed by atoms with van der Waals surface area (Å²) in [6, 6.07) is 11.9. The molecule has 96 valence electrons. The normalized spacial score (nSPS) is 13.2. The second-order valence-corrected chi connectivity index (χ2v) is 6.36. The molecule has 0 spiro atoms. The number of nitrogens with two attached hydrogens (primary N) is 1. The summed E-state index contributed by atoms with van der Waals surface area (Å²) in [5.74, 6) is 0.0280. The molecule has 2 aromatic carbocycles. The van der Waals surface area contributed by atoms with E-state index in [4.69, 9.17) is 5.73 Å². The van der Waals surface area contributed by atoms with Crippen molar-refractivity contribution >= 4 is 45.0 Å². The predicted octanol–water partition coefficient (Wildman–Crippen LogP) is 3.68. The van der Waals surface area contributed by atoms with Crippen LogP contribution in [0.4, 0.5) is 11.4 Å². The van der Waals surface area contributed by atoms with Crippen molar-refractivity contribution in [3.05, 3.63) is 46.4 Å². The summed E-state index contributed by atoms with van der Waals surface area (Å²) in [7, 11) is 0. The fourth-order valence-corrected chi connectivity index (χ4v) is 3.14. The van der Waals surface area contributed by atoms with Crippen LogP contribution in [0.2, 0.25) is 0 Å². The van der Waals surface area contributed by atoms with Gasteiger partial charge in [0.15, 0.2) is 0 Å². The van der Waals surface area contributed by atoms with Crippen molar-refractivity contribution in [3.8, 4) is 0 Å². The number of nitrogens with one attached hydrogen (secondary N) is 1. The van der Waals surface area contributed by atoms with Crippen LogP contribution in [0.15, 0.2) is 50.7 Å². The van der Waals surface area contributed by atoms with E-state index in [2.05, 4.69) is 21.2 Å². The van der Waals surface area contributed by atoms with Gasteiger partial charge in [0.1, 0.15) is 0 Å². The molecule has 3 N–H and O–H groups in total. The maximum Gasteiger partial charge on any atom is 0.228 e. The van der Waals surface area contributed by atoms with Crippen LogP contribution in [0, 0.1) is 0 Å². The highest BCUT2D eigenvalue weighted by molar-refractivity contribution is 9.10. The molecule has 0 bridgehead atoms. The molecule has 0 fully saturated rings. The third kappa shape index (κ3) is 2.62. The Morgan fingerprint density at radius 2 is 1.95 bits per heavy atom. The summed E-state index contributed by atoms with van der Waals surface area (Å²) >= 11 is 5.00. The lowest BCUT2D eigenvalue weighted by molar-refractivity contribution is -0.115. The number of anilines is 2. The van der Waals surface area contributed by atoms with Gasteiger partial charge in [-0.15, -0.1) is 0 Å². The maximum atomic E-state index is 11.4. The highest BCUT2D eigenvalue weighted by Gasteiger charge is 2.19. The third-order valence-electron chi connectivity index (χ3n) is 2.90. The van der Waals surface area contributed by atoms with Gasteiger partial charge < -0.3 is 11.1 Å². The van der Waals surface area contributed by atoms with Crippen molar-refractivity contribution in [1.82, 2.24) is 0 Å². The van der Waals surface area contributed by atoms with Gasteiger partial charge in [-0.1, -0.05) is 27.7 Å². The number of nitrogen functional groups attached to an aromatic ring is 1. The van der Waals surface area contributed by atoms with Crippen molar-refractivity contribution in [2.24, 2.45) is 0 Å². The molecule has 0 radical (unpaired) electrons. The first-order valence-corrected chi connectivity index (χ1v) is 7.38. The molecule has 3 nitrogen and oxygen atoms in total. The minimum atomic E-state index is 0.0280. The van der Waals surface area contributed by atoms with E-state index in [1.807, 2.05) is 36.4 Å². The van der Waals surface area contributed by atoms with Crippen molar-refractivity contribution < 1.29 is 4.79 Å². The second-order valence-electron chi connectivity index (χ2n) is 4.33. The number of hydrogen-bond donors (Lipinski definition) is 2. The van der Waals surface area contributed by atoms with Crippen molar-refractivity contribution in [2.45, 2.75) is 16.2 Å². The van der Waals surface area contributed by atoms with Gasteiger partial charge >= 0.3 is 0 Å². The summed E-state index contributed by atoms with van der Waals surface area (Å²) in [4.78, 5) is 13.4. The number of halogens is 1. The van der Waals surface area contributed by atoms with E-state index in [1.54, 1.807) is 11.8 Å². The van der Waals surface area contributed by atoms with Crippen LogP contribution in [0.5, 0.6) is 0 Å². The van der Waals surface area contributed by atoms with Gasteiger partial charge in [0.25, 0.3) is 0 Å². The van der Waals surface area contributed by atoms with Gasteiger partial charge in [-0.25, -0.2) is 0 Å². The number of carbonyl (C=O) groups excluding carboxylic acids is 1. The second kappa shape index (κ2) is 4.90. The number of fused-ring (bicyclic) bond motifs is 1. The minimum absolute atomic E-state index is 0.0280. The summed E-state index contributed by atoms with van der Waals surface area (Å²) in [5.41, 5.74) is 8.61. The Balaban J connectivity index is 1.91. The molecule has 1 amide bonds. The molecular formula is C14H11BrN2OS. The van der Waals surface area contributed by atoms with Crippen LogP contribution in [0.25, 0.3) is 0 Å². The number of amides is 1. The SMILES string of the molecule is Nc1cc2c(cc1Sc1ccc(Br)cc1)NC(=O)C2. The first kappa shape index (κ1) is 12.6. The molecule has 0 aliphatic carbocycles. The zero-order valence-electron chi connectivity index (χ0n) is 9.94. The summed E-state index contributed by atoms with van der Waals surface area (Å²) in [6.07, 6.45) is 0.419. The smallest absolute Gasteiger partial charge is 0.228 e. The monoisotopic (exact) mass is 334 g/mol. The molecule has 19 heavy (non-hydrogen) atoms. The zero-order valence-corrected chi connectivity index (χ0v) is 12.3. The van der Waals surface area contributed by atoms with E-state index in [9.17, 15) is 4.79 Å². The predicted molar refractivity (Wildman–Crippen MR) is 81.5 cm³/mol. The Kier molecular flexibility index (Phi) is 3.24. The lowest BCUT2D eigenvalue weighted by Gasteiger charge is -2.08. The van der Waals surface area contributed by atoms with E-state index >= 15 is 0 Å². The highest BCUT2D eigenvalue weighted by Crippen LogP contribution is 2.37. The Labute approximate surface area is 123 Å². The number of hydrogen-bond acceptors (Lipinski definition) is 3. The van der Waals surface area contributed by atoms with Crippen molar-refractivity contribution in [2.75, 3.05) is 11.1 Å². The van der Waals surface area contributed by atoms with Crippen LogP contribution >= 0.6 is 27.7 Å². The standard InChI is InChI=1S/C14H11BrN2OS/c15-9-1-3-10(4-2-9)19-13-7-12-8(5-11(13)16)6-14(18)17-12/h1-5,7H,6,16H2,(H,17,18). The van der Waals surface area contributed by atoms with Crippen LogP contribution in [0.1, 0.15) is 5.56 Å². The molecule has 1 aliphatic rings.